The van der Waals surface area contributed by atoms with Crippen LogP contribution in [0, 0.1) is 0 Å². The van der Waals surface area contributed by atoms with Gasteiger partial charge in [-0.1, -0.05) is 6.42 Å². The van der Waals surface area contributed by atoms with Crippen molar-refractivity contribution in [1.82, 2.24) is 25.4 Å². The van der Waals surface area contributed by atoms with Crippen molar-refractivity contribution in [3.05, 3.63) is 11.6 Å². The molecule has 1 aromatic heterocycles. The summed E-state index contributed by atoms with van der Waals surface area (Å²) in [6.45, 7) is 4.67. The van der Waals surface area contributed by atoms with Crippen LogP contribution in [0.5, 0.6) is 0 Å². The molecule has 7 nitrogen and oxygen atoms in total. The van der Waals surface area contributed by atoms with Crippen LogP contribution >= 0.6 is 24.0 Å². The first-order valence-electron chi connectivity index (χ1n) is 8.61. The first kappa shape index (κ1) is 21.1. The summed E-state index contributed by atoms with van der Waals surface area (Å²) >= 11 is 0. The number of hydrogen-bond acceptors (Lipinski definition) is 4. The van der Waals surface area contributed by atoms with Gasteiger partial charge in [-0.3, -0.25) is 4.99 Å². The van der Waals surface area contributed by atoms with E-state index in [0.29, 0.717) is 6.61 Å². The molecule has 138 valence electrons. The molecule has 2 rings (SSSR count). The fraction of sp³-hybridized carbons (Fsp3) is 0.812. The van der Waals surface area contributed by atoms with Crippen LogP contribution in [0.3, 0.4) is 0 Å². The molecule has 1 aliphatic rings. The van der Waals surface area contributed by atoms with Crippen LogP contribution in [-0.4, -0.2) is 54.1 Å². The van der Waals surface area contributed by atoms with Crippen LogP contribution in [-0.2, 0) is 24.1 Å². The van der Waals surface area contributed by atoms with Gasteiger partial charge in [0.05, 0.1) is 6.61 Å². The van der Waals surface area contributed by atoms with Crippen LogP contribution in [0.4, 0.5) is 0 Å². The Morgan fingerprint density at radius 3 is 2.92 bits per heavy atom. The molecule has 24 heavy (non-hydrogen) atoms. The molecule has 0 aliphatic carbocycles. The standard InChI is InChI=1S/C16H30N6O.HI/c1-13(12-23-3)19-16(17-2)18-10-7-9-15-21-20-14-8-5-4-6-11-22(14)15;/h13H,4-12H2,1-3H3,(H2,17,18,19);1H. The molecule has 0 bridgehead atoms. The maximum atomic E-state index is 5.12. The predicted molar refractivity (Wildman–Crippen MR) is 107 cm³/mol. The number of nitrogens with zero attached hydrogens (tertiary/aromatic N) is 4. The Morgan fingerprint density at radius 2 is 2.17 bits per heavy atom. The third-order valence-corrected chi connectivity index (χ3v) is 4.08. The molecule has 0 radical (unpaired) electrons. The summed E-state index contributed by atoms with van der Waals surface area (Å²) in [5, 5.41) is 15.4. The molecule has 0 amide bonds. The molecule has 1 atom stereocenters. The lowest BCUT2D eigenvalue weighted by atomic mass is 10.2. The SMILES string of the molecule is CN=C(NCCCc1nnc2n1CCCCC2)NC(C)COC.I. The topological polar surface area (TPSA) is 76.4 Å². The van der Waals surface area contributed by atoms with E-state index >= 15 is 0 Å². The van der Waals surface area contributed by atoms with Crippen LogP contribution in [0.25, 0.3) is 0 Å². The maximum absolute atomic E-state index is 5.12. The maximum Gasteiger partial charge on any atom is 0.191 e. The van der Waals surface area contributed by atoms with Gasteiger partial charge in [0.1, 0.15) is 11.6 Å². The Labute approximate surface area is 162 Å². The normalized spacial score (nSPS) is 15.9. The van der Waals surface area contributed by atoms with E-state index in [-0.39, 0.29) is 30.0 Å². The second-order valence-electron chi connectivity index (χ2n) is 6.10. The highest BCUT2D eigenvalue weighted by molar-refractivity contribution is 14.0. The number of aryl methyl sites for hydroxylation is 2. The van der Waals surface area contributed by atoms with Gasteiger partial charge in [-0.25, -0.2) is 0 Å². The van der Waals surface area contributed by atoms with Crippen molar-refractivity contribution in [2.45, 2.75) is 58.0 Å². The summed E-state index contributed by atoms with van der Waals surface area (Å²) in [5.74, 6) is 3.10. The third-order valence-electron chi connectivity index (χ3n) is 4.08. The quantitative estimate of drug-likeness (QED) is 0.287. The minimum Gasteiger partial charge on any atom is -0.383 e. The second kappa shape index (κ2) is 11.6. The average molecular weight is 450 g/mol. The zero-order chi connectivity index (χ0) is 16.5. The van der Waals surface area contributed by atoms with Crippen molar-refractivity contribution in [2.24, 2.45) is 4.99 Å². The fourth-order valence-corrected chi connectivity index (χ4v) is 2.90. The molecule has 0 spiro atoms. The van der Waals surface area contributed by atoms with E-state index in [1.807, 2.05) is 0 Å². The van der Waals surface area contributed by atoms with Gasteiger partial charge in [0.25, 0.3) is 0 Å². The minimum absolute atomic E-state index is 0. The first-order valence-corrected chi connectivity index (χ1v) is 8.61. The number of ether oxygens (including phenoxy) is 1. The smallest absolute Gasteiger partial charge is 0.191 e. The molecule has 1 unspecified atom stereocenters. The van der Waals surface area contributed by atoms with E-state index in [0.717, 1.165) is 50.0 Å². The van der Waals surface area contributed by atoms with Gasteiger partial charge in [0, 0.05) is 46.1 Å². The van der Waals surface area contributed by atoms with Crippen LogP contribution < -0.4 is 10.6 Å². The average Bonchev–Trinajstić information content (AvgIpc) is 2.77. The number of methoxy groups -OCH3 is 1. The highest BCUT2D eigenvalue weighted by atomic mass is 127. The van der Waals surface area contributed by atoms with Gasteiger partial charge in [-0.2, -0.15) is 0 Å². The van der Waals surface area contributed by atoms with E-state index in [4.69, 9.17) is 4.74 Å². The summed E-state index contributed by atoms with van der Waals surface area (Å²) < 4.78 is 7.44. The van der Waals surface area contributed by atoms with Gasteiger partial charge in [-0.05, 0) is 26.2 Å². The Morgan fingerprint density at radius 1 is 1.33 bits per heavy atom. The van der Waals surface area contributed by atoms with Crippen molar-refractivity contribution in [3.63, 3.8) is 0 Å². The van der Waals surface area contributed by atoms with Gasteiger partial charge in [-0.15, -0.1) is 34.2 Å². The van der Waals surface area contributed by atoms with E-state index in [9.17, 15) is 0 Å². The minimum atomic E-state index is 0. The predicted octanol–water partition coefficient (Wildman–Crippen LogP) is 1.75. The summed E-state index contributed by atoms with van der Waals surface area (Å²) in [6, 6.07) is 0.235. The Balaban J connectivity index is 0.00000288. The second-order valence-corrected chi connectivity index (χ2v) is 6.10. The molecular formula is C16H31IN6O. The van der Waals surface area contributed by atoms with Gasteiger partial charge >= 0.3 is 0 Å². The molecule has 0 aromatic carbocycles. The molecule has 0 saturated heterocycles. The number of rotatable bonds is 7. The lowest BCUT2D eigenvalue weighted by Gasteiger charge is -2.17. The van der Waals surface area contributed by atoms with E-state index in [1.165, 1.54) is 19.3 Å². The zero-order valence-electron chi connectivity index (χ0n) is 15.0. The van der Waals surface area contributed by atoms with Crippen molar-refractivity contribution in [2.75, 3.05) is 27.3 Å². The fourth-order valence-electron chi connectivity index (χ4n) is 2.90. The van der Waals surface area contributed by atoms with Gasteiger partial charge in [0.2, 0.25) is 0 Å². The zero-order valence-corrected chi connectivity index (χ0v) is 17.4. The van der Waals surface area contributed by atoms with Crippen LogP contribution in [0.1, 0.15) is 44.3 Å². The van der Waals surface area contributed by atoms with Gasteiger partial charge < -0.3 is 19.9 Å². The largest absolute Gasteiger partial charge is 0.383 e. The molecule has 0 saturated carbocycles. The van der Waals surface area contributed by atoms with Crippen molar-refractivity contribution in [3.8, 4) is 0 Å². The molecule has 8 heteroatoms. The number of guanidine groups is 1. The highest BCUT2D eigenvalue weighted by Gasteiger charge is 2.14. The Kier molecular flexibility index (Phi) is 10.2. The van der Waals surface area contributed by atoms with Crippen LogP contribution in [0.15, 0.2) is 4.99 Å². The van der Waals surface area contributed by atoms with E-state index < -0.39 is 0 Å². The summed E-state index contributed by atoms with van der Waals surface area (Å²) in [6.07, 6.45) is 6.80. The lowest BCUT2D eigenvalue weighted by Crippen LogP contribution is -2.44. The molecule has 1 aromatic rings. The van der Waals surface area contributed by atoms with Gasteiger partial charge in [0.15, 0.2) is 5.96 Å². The number of nitrogens with one attached hydrogen (secondary N) is 2. The number of halogens is 1. The third kappa shape index (κ3) is 6.54. The number of hydrogen-bond donors (Lipinski definition) is 2. The first-order chi connectivity index (χ1) is 11.2. The summed E-state index contributed by atoms with van der Waals surface area (Å²) in [5.41, 5.74) is 0. The molecule has 0 fully saturated rings. The Bertz CT molecular complexity index is 505. The molecule has 2 N–H and O–H groups in total. The van der Waals surface area contributed by atoms with E-state index in [1.54, 1.807) is 14.2 Å². The van der Waals surface area contributed by atoms with Crippen molar-refractivity contribution in [1.29, 1.82) is 0 Å². The molecule has 1 aliphatic heterocycles. The summed E-state index contributed by atoms with van der Waals surface area (Å²) in [4.78, 5) is 4.23. The number of fused-ring (bicyclic) bond motifs is 1. The lowest BCUT2D eigenvalue weighted by molar-refractivity contribution is 0.179. The Hall–Kier alpha value is -0.900. The number of aromatic nitrogens is 3. The van der Waals surface area contributed by atoms with Crippen molar-refractivity contribution < 1.29 is 4.74 Å². The van der Waals surface area contributed by atoms with Crippen molar-refractivity contribution >= 4 is 29.9 Å². The monoisotopic (exact) mass is 450 g/mol. The van der Waals surface area contributed by atoms with E-state index in [2.05, 4.69) is 37.3 Å². The molecule has 2 heterocycles. The van der Waals surface area contributed by atoms with Crippen LogP contribution in [0.2, 0.25) is 0 Å². The summed E-state index contributed by atoms with van der Waals surface area (Å²) in [7, 11) is 3.49. The number of aliphatic imine (C=N–C) groups is 1. The highest BCUT2D eigenvalue weighted by Crippen LogP contribution is 2.15. The molecular weight excluding hydrogens is 419 g/mol.